The minimum Gasteiger partial charge on any atom is -0.467 e. The summed E-state index contributed by atoms with van der Waals surface area (Å²) in [7, 11) is 3.18. The zero-order chi connectivity index (χ0) is 16.9. The highest BCUT2D eigenvalue weighted by Gasteiger charge is 2.21. The standard InChI is InChI=1S/C16H25N3O3/c1-10(2)9-14(16(21)22-6)17-15(20)8-7-13-11(3)18-19(5)12(13)4/h7-8,10,14H,9H2,1-6H3,(H,17,20). The van der Waals surface area contributed by atoms with Gasteiger partial charge in [-0.05, 0) is 32.3 Å². The van der Waals surface area contributed by atoms with Crippen LogP contribution in [-0.4, -0.2) is 34.8 Å². The van der Waals surface area contributed by atoms with Crippen molar-refractivity contribution < 1.29 is 14.3 Å². The molecule has 1 aromatic heterocycles. The number of aromatic nitrogens is 2. The molecular weight excluding hydrogens is 282 g/mol. The molecule has 0 aliphatic heterocycles. The van der Waals surface area contributed by atoms with Crippen molar-refractivity contribution in [1.29, 1.82) is 0 Å². The molecule has 0 aliphatic carbocycles. The summed E-state index contributed by atoms with van der Waals surface area (Å²) in [6.45, 7) is 7.80. The van der Waals surface area contributed by atoms with Crippen LogP contribution in [0.2, 0.25) is 0 Å². The highest BCUT2D eigenvalue weighted by molar-refractivity contribution is 5.94. The van der Waals surface area contributed by atoms with E-state index in [1.165, 1.54) is 13.2 Å². The first-order chi connectivity index (χ1) is 10.3. The summed E-state index contributed by atoms with van der Waals surface area (Å²) in [5.41, 5.74) is 2.75. The van der Waals surface area contributed by atoms with Crippen molar-refractivity contribution in [3.8, 4) is 0 Å². The van der Waals surface area contributed by atoms with Crippen LogP contribution in [0.15, 0.2) is 6.08 Å². The van der Waals surface area contributed by atoms with Crippen molar-refractivity contribution >= 4 is 18.0 Å². The molecule has 0 bridgehead atoms. The van der Waals surface area contributed by atoms with E-state index in [4.69, 9.17) is 4.74 Å². The topological polar surface area (TPSA) is 73.2 Å². The molecule has 0 spiro atoms. The van der Waals surface area contributed by atoms with Crippen LogP contribution in [0.4, 0.5) is 0 Å². The average Bonchev–Trinajstić information content (AvgIpc) is 2.68. The van der Waals surface area contributed by atoms with Gasteiger partial charge < -0.3 is 10.1 Å². The molecule has 122 valence electrons. The largest absolute Gasteiger partial charge is 0.467 e. The zero-order valence-corrected chi connectivity index (χ0v) is 14.1. The number of nitrogens with one attached hydrogen (secondary N) is 1. The van der Waals surface area contributed by atoms with E-state index in [0.717, 1.165) is 17.0 Å². The van der Waals surface area contributed by atoms with E-state index in [2.05, 4.69) is 10.4 Å². The Balaban J connectivity index is 2.78. The summed E-state index contributed by atoms with van der Waals surface area (Å²) in [5, 5.41) is 6.98. The number of hydrogen-bond acceptors (Lipinski definition) is 4. The lowest BCUT2D eigenvalue weighted by Crippen LogP contribution is -2.41. The second kappa shape index (κ2) is 7.77. The van der Waals surface area contributed by atoms with E-state index < -0.39 is 12.0 Å². The van der Waals surface area contributed by atoms with Crippen molar-refractivity contribution in [3.05, 3.63) is 23.0 Å². The molecule has 0 radical (unpaired) electrons. The van der Waals surface area contributed by atoms with Crippen LogP contribution in [0.1, 0.15) is 37.2 Å². The summed E-state index contributed by atoms with van der Waals surface area (Å²) in [6, 6.07) is -0.627. The van der Waals surface area contributed by atoms with Crippen LogP contribution in [0, 0.1) is 19.8 Å². The lowest BCUT2D eigenvalue weighted by molar-refractivity contribution is -0.145. The highest BCUT2D eigenvalue weighted by atomic mass is 16.5. The van der Waals surface area contributed by atoms with Crippen LogP contribution in [0.5, 0.6) is 0 Å². The highest BCUT2D eigenvalue weighted by Crippen LogP contribution is 2.13. The number of aryl methyl sites for hydroxylation is 2. The van der Waals surface area contributed by atoms with E-state index in [0.29, 0.717) is 6.42 Å². The van der Waals surface area contributed by atoms with Crippen molar-refractivity contribution in [2.45, 2.75) is 40.2 Å². The first-order valence-electron chi connectivity index (χ1n) is 7.32. The summed E-state index contributed by atoms with van der Waals surface area (Å²) >= 11 is 0. The summed E-state index contributed by atoms with van der Waals surface area (Å²) in [6.07, 6.45) is 3.68. The number of rotatable bonds is 6. The molecule has 0 aromatic carbocycles. The van der Waals surface area contributed by atoms with Crippen LogP contribution in [0.25, 0.3) is 6.08 Å². The number of nitrogens with zero attached hydrogens (tertiary/aromatic N) is 2. The van der Waals surface area contributed by atoms with Crippen molar-refractivity contribution in [3.63, 3.8) is 0 Å². The molecule has 0 aliphatic rings. The number of hydrogen-bond donors (Lipinski definition) is 1. The number of esters is 1. The molecule has 22 heavy (non-hydrogen) atoms. The summed E-state index contributed by atoms with van der Waals surface area (Å²) < 4.78 is 6.49. The zero-order valence-electron chi connectivity index (χ0n) is 14.1. The first kappa shape index (κ1) is 17.9. The molecule has 0 fully saturated rings. The molecule has 0 saturated heterocycles. The fourth-order valence-corrected chi connectivity index (χ4v) is 2.24. The number of methoxy groups -OCH3 is 1. The fraction of sp³-hybridized carbons (Fsp3) is 0.562. The number of carbonyl (C=O) groups is 2. The predicted octanol–water partition coefficient (Wildman–Crippen LogP) is 1.75. The van der Waals surface area contributed by atoms with E-state index >= 15 is 0 Å². The van der Waals surface area contributed by atoms with Gasteiger partial charge in [0.1, 0.15) is 6.04 Å². The van der Waals surface area contributed by atoms with Gasteiger partial charge in [0.05, 0.1) is 12.8 Å². The van der Waals surface area contributed by atoms with E-state index in [1.807, 2.05) is 34.7 Å². The van der Waals surface area contributed by atoms with Gasteiger partial charge in [-0.3, -0.25) is 9.48 Å². The molecule has 1 heterocycles. The van der Waals surface area contributed by atoms with Gasteiger partial charge in [-0.25, -0.2) is 4.79 Å². The smallest absolute Gasteiger partial charge is 0.328 e. The minimum absolute atomic E-state index is 0.274. The number of ether oxygens (including phenoxy) is 1. The second-order valence-corrected chi connectivity index (χ2v) is 5.76. The third kappa shape index (κ3) is 4.72. The number of amides is 1. The van der Waals surface area contributed by atoms with Crippen LogP contribution < -0.4 is 5.32 Å². The van der Waals surface area contributed by atoms with E-state index in [9.17, 15) is 9.59 Å². The van der Waals surface area contributed by atoms with Crippen molar-refractivity contribution in [2.24, 2.45) is 13.0 Å². The maximum atomic E-state index is 12.0. The Hall–Kier alpha value is -2.11. The Bertz CT molecular complexity index is 573. The molecular formula is C16H25N3O3. The maximum Gasteiger partial charge on any atom is 0.328 e. The van der Waals surface area contributed by atoms with Gasteiger partial charge in [-0.1, -0.05) is 13.8 Å². The minimum atomic E-state index is -0.627. The maximum absolute atomic E-state index is 12.0. The Morgan fingerprint density at radius 2 is 2.00 bits per heavy atom. The average molecular weight is 307 g/mol. The van der Waals surface area contributed by atoms with Crippen LogP contribution in [0.3, 0.4) is 0 Å². The molecule has 1 unspecified atom stereocenters. The Labute approximate surface area is 131 Å². The number of carbonyl (C=O) groups excluding carboxylic acids is 2. The fourth-order valence-electron chi connectivity index (χ4n) is 2.24. The van der Waals surface area contributed by atoms with Gasteiger partial charge in [-0.2, -0.15) is 5.10 Å². The molecule has 6 heteroatoms. The van der Waals surface area contributed by atoms with E-state index in [1.54, 1.807) is 10.8 Å². The molecule has 0 saturated carbocycles. The van der Waals surface area contributed by atoms with Gasteiger partial charge in [0.25, 0.3) is 0 Å². The summed E-state index contributed by atoms with van der Waals surface area (Å²) in [4.78, 5) is 23.7. The van der Waals surface area contributed by atoms with Crippen molar-refractivity contribution in [1.82, 2.24) is 15.1 Å². The predicted molar refractivity (Wildman–Crippen MR) is 85.1 cm³/mol. The molecule has 1 atom stereocenters. The Morgan fingerprint density at radius 3 is 2.45 bits per heavy atom. The SMILES string of the molecule is COC(=O)C(CC(C)C)NC(=O)C=Cc1c(C)nn(C)c1C. The van der Waals surface area contributed by atoms with Gasteiger partial charge in [0.2, 0.25) is 5.91 Å². The molecule has 1 aromatic rings. The van der Waals surface area contributed by atoms with Crippen LogP contribution in [-0.2, 0) is 21.4 Å². The van der Waals surface area contributed by atoms with Crippen LogP contribution >= 0.6 is 0 Å². The first-order valence-corrected chi connectivity index (χ1v) is 7.32. The lowest BCUT2D eigenvalue weighted by atomic mass is 10.0. The molecule has 1 rings (SSSR count). The summed E-state index contributed by atoms with van der Waals surface area (Å²) in [5.74, 6) is -0.473. The van der Waals surface area contributed by atoms with Gasteiger partial charge in [-0.15, -0.1) is 0 Å². The molecule has 1 amide bonds. The molecule has 6 nitrogen and oxygen atoms in total. The molecule has 1 N–H and O–H groups in total. The van der Waals surface area contributed by atoms with Gasteiger partial charge >= 0.3 is 5.97 Å². The third-order valence-electron chi connectivity index (χ3n) is 3.48. The van der Waals surface area contributed by atoms with Gasteiger partial charge in [0, 0.05) is 24.4 Å². The Kier molecular flexibility index (Phi) is 6.34. The van der Waals surface area contributed by atoms with Gasteiger partial charge in [0.15, 0.2) is 0 Å². The second-order valence-electron chi connectivity index (χ2n) is 5.76. The van der Waals surface area contributed by atoms with Crippen molar-refractivity contribution in [2.75, 3.05) is 7.11 Å². The van der Waals surface area contributed by atoms with E-state index in [-0.39, 0.29) is 11.8 Å². The monoisotopic (exact) mass is 307 g/mol. The third-order valence-corrected chi connectivity index (χ3v) is 3.48. The quantitative estimate of drug-likeness (QED) is 0.642. The lowest BCUT2D eigenvalue weighted by Gasteiger charge is -2.17. The Morgan fingerprint density at radius 1 is 1.36 bits per heavy atom. The normalized spacial score (nSPS) is 12.7.